The molecule has 4 rings (SSSR count). The first-order valence-corrected chi connectivity index (χ1v) is 9.59. The molecule has 1 unspecified atom stereocenters. The third-order valence-electron chi connectivity index (χ3n) is 5.67. The highest BCUT2D eigenvalue weighted by molar-refractivity contribution is 6.11. The van der Waals surface area contributed by atoms with Gasteiger partial charge >= 0.3 is 11.9 Å². The van der Waals surface area contributed by atoms with Crippen LogP contribution in [0.2, 0.25) is 0 Å². The van der Waals surface area contributed by atoms with Crippen molar-refractivity contribution >= 4 is 29.1 Å². The van der Waals surface area contributed by atoms with E-state index in [0.717, 1.165) is 16.7 Å². The Balaban J connectivity index is 1.69. The number of benzene rings is 2. The average Bonchev–Trinajstić information content (AvgIpc) is 3.21. The van der Waals surface area contributed by atoms with Gasteiger partial charge in [0.05, 0.1) is 17.0 Å². The van der Waals surface area contributed by atoms with Crippen molar-refractivity contribution in [2.75, 3.05) is 5.32 Å². The average molecular weight is 416 g/mol. The molecule has 1 aromatic heterocycles. The van der Waals surface area contributed by atoms with Gasteiger partial charge in [-0.1, -0.05) is 30.8 Å². The van der Waals surface area contributed by atoms with Crippen LogP contribution in [0.25, 0.3) is 16.7 Å². The molecule has 0 saturated carbocycles. The molecule has 0 fully saturated rings. The maximum atomic E-state index is 12.8. The van der Waals surface area contributed by atoms with Crippen LogP contribution in [-0.4, -0.2) is 33.0 Å². The summed E-state index contributed by atoms with van der Waals surface area (Å²) < 4.78 is 0. The molecule has 7 nitrogen and oxygen atoms in total. The number of carboxylic acids is 2. The van der Waals surface area contributed by atoms with E-state index in [9.17, 15) is 19.5 Å². The number of fused-ring (bicyclic) bond motifs is 1. The summed E-state index contributed by atoms with van der Waals surface area (Å²) in [7, 11) is 0. The fourth-order valence-electron chi connectivity index (χ4n) is 4.13. The molecule has 0 bridgehead atoms. The van der Waals surface area contributed by atoms with Gasteiger partial charge in [0.1, 0.15) is 0 Å². The number of carbonyl (C=O) groups is 3. The topological polar surface area (TPSA) is 119 Å². The molecule has 2 heterocycles. The Labute approximate surface area is 178 Å². The number of hydrogen-bond donors (Lipinski definition) is 4. The molecule has 3 aromatic rings. The number of rotatable bonds is 5. The Morgan fingerprint density at radius 2 is 1.61 bits per heavy atom. The Bertz CT molecular complexity index is 1270. The van der Waals surface area contributed by atoms with Gasteiger partial charge in [-0.2, -0.15) is 0 Å². The molecule has 4 N–H and O–H groups in total. The number of aromatic amines is 1. The summed E-state index contributed by atoms with van der Waals surface area (Å²) in [5, 5.41) is 21.4. The molecule has 0 spiro atoms. The highest BCUT2D eigenvalue weighted by Crippen LogP contribution is 2.43. The van der Waals surface area contributed by atoms with Gasteiger partial charge in [-0.15, -0.1) is 0 Å². The summed E-state index contributed by atoms with van der Waals surface area (Å²) in [5.74, 6) is -2.89. The maximum absolute atomic E-state index is 12.8. The molecule has 1 aliphatic heterocycles. The fourth-order valence-corrected chi connectivity index (χ4v) is 4.13. The van der Waals surface area contributed by atoms with Gasteiger partial charge in [-0.3, -0.25) is 4.79 Å². The first kappa shape index (κ1) is 20.2. The first-order valence-electron chi connectivity index (χ1n) is 9.59. The van der Waals surface area contributed by atoms with Gasteiger partial charge in [0.25, 0.3) is 0 Å². The molecule has 1 atom stereocenters. The highest BCUT2D eigenvalue weighted by Gasteiger charge is 2.35. The lowest BCUT2D eigenvalue weighted by molar-refractivity contribution is -0.115. The number of anilines is 1. The zero-order chi connectivity index (χ0) is 22.4. The molecule has 0 aliphatic carbocycles. The summed E-state index contributed by atoms with van der Waals surface area (Å²) in [4.78, 5) is 38.4. The second-order valence-corrected chi connectivity index (χ2v) is 7.56. The van der Waals surface area contributed by atoms with Gasteiger partial charge in [-0.25, -0.2) is 9.59 Å². The number of hydrogen-bond acceptors (Lipinski definition) is 3. The van der Waals surface area contributed by atoms with Crippen LogP contribution in [0.15, 0.2) is 49.0 Å². The fraction of sp³-hybridized carbons (Fsp3) is 0.125. The molecule has 156 valence electrons. The predicted octanol–water partition coefficient (Wildman–Crippen LogP) is 4.44. The van der Waals surface area contributed by atoms with E-state index >= 15 is 0 Å². The van der Waals surface area contributed by atoms with Crippen LogP contribution >= 0.6 is 0 Å². The zero-order valence-corrected chi connectivity index (χ0v) is 16.9. The smallest absolute Gasteiger partial charge is 0.337 e. The highest BCUT2D eigenvalue weighted by atomic mass is 16.4. The van der Waals surface area contributed by atoms with E-state index < -0.39 is 17.9 Å². The summed E-state index contributed by atoms with van der Waals surface area (Å²) >= 11 is 0. The van der Waals surface area contributed by atoms with Crippen molar-refractivity contribution in [3.63, 3.8) is 0 Å². The van der Waals surface area contributed by atoms with Crippen molar-refractivity contribution in [2.45, 2.75) is 19.8 Å². The van der Waals surface area contributed by atoms with Crippen LogP contribution in [0.4, 0.5) is 5.69 Å². The lowest BCUT2D eigenvalue weighted by Crippen LogP contribution is -2.13. The minimum Gasteiger partial charge on any atom is -0.478 e. The van der Waals surface area contributed by atoms with Gasteiger partial charge < -0.3 is 20.5 Å². The Hall–Kier alpha value is -4.13. The van der Waals surface area contributed by atoms with Gasteiger partial charge in [0.15, 0.2) is 0 Å². The number of aromatic carboxylic acids is 2. The molecule has 2 aromatic carbocycles. The Kier molecular flexibility index (Phi) is 4.74. The lowest BCUT2D eigenvalue weighted by Gasteiger charge is -2.13. The Morgan fingerprint density at radius 1 is 0.968 bits per heavy atom. The predicted molar refractivity (Wildman–Crippen MR) is 116 cm³/mol. The summed E-state index contributed by atoms with van der Waals surface area (Å²) in [6.45, 7) is 7.47. The minimum absolute atomic E-state index is 0.190. The van der Waals surface area contributed by atoms with Crippen LogP contribution in [0.1, 0.15) is 49.1 Å². The number of carbonyl (C=O) groups excluding carboxylic acids is 1. The molecule has 1 aliphatic rings. The van der Waals surface area contributed by atoms with E-state index in [1.165, 1.54) is 12.1 Å². The van der Waals surface area contributed by atoms with Gasteiger partial charge in [0, 0.05) is 17.1 Å². The molecule has 1 amide bonds. The third-order valence-corrected chi connectivity index (χ3v) is 5.67. The molecule has 7 heteroatoms. The van der Waals surface area contributed by atoms with Crippen molar-refractivity contribution in [3.05, 3.63) is 82.7 Å². The third kappa shape index (κ3) is 3.30. The monoisotopic (exact) mass is 416 g/mol. The number of aryl methyl sites for hydroxylation is 1. The molecule has 0 radical (unpaired) electrons. The van der Waals surface area contributed by atoms with Crippen molar-refractivity contribution in [3.8, 4) is 11.1 Å². The summed E-state index contributed by atoms with van der Waals surface area (Å²) in [6.07, 6.45) is 0. The number of aromatic nitrogens is 1. The SMILES string of the molecule is C=C(c1[nH]c(C)c(C(=O)O)c1C)C1C(=O)Nc2cc(-c3ccc(C(=O)O)cc3)ccc21. The largest absolute Gasteiger partial charge is 0.478 e. The van der Waals surface area contributed by atoms with E-state index in [1.807, 2.05) is 18.2 Å². The van der Waals surface area contributed by atoms with Crippen molar-refractivity contribution in [1.29, 1.82) is 0 Å². The number of nitrogens with one attached hydrogen (secondary N) is 2. The van der Waals surface area contributed by atoms with Crippen molar-refractivity contribution in [2.24, 2.45) is 0 Å². The van der Waals surface area contributed by atoms with E-state index in [0.29, 0.717) is 28.2 Å². The molecule has 0 saturated heterocycles. The van der Waals surface area contributed by atoms with Crippen LogP contribution in [0.5, 0.6) is 0 Å². The molecular formula is C24H20N2O5. The standard InChI is InChI=1S/C24H20N2O5/c1-11-19(24(30)31)13(3)25-21(11)12(2)20-17-9-8-16(10-18(17)26-22(20)27)14-4-6-15(7-5-14)23(28)29/h4-10,20,25H,2H2,1,3H3,(H,26,27)(H,28,29)(H,30,31). The maximum Gasteiger partial charge on any atom is 0.337 e. The normalized spacial score (nSPS) is 14.8. The van der Waals surface area contributed by atoms with Gasteiger partial charge in [-0.05, 0) is 59.9 Å². The quantitative estimate of drug-likeness (QED) is 0.490. The molecular weight excluding hydrogens is 396 g/mol. The van der Waals surface area contributed by atoms with E-state index in [2.05, 4.69) is 16.9 Å². The number of carboxylic acid groups (broad SMARTS) is 2. The second kappa shape index (κ2) is 7.28. The van der Waals surface area contributed by atoms with E-state index in [1.54, 1.807) is 26.0 Å². The lowest BCUT2D eigenvalue weighted by atomic mass is 9.89. The molecule has 31 heavy (non-hydrogen) atoms. The van der Waals surface area contributed by atoms with Crippen LogP contribution in [0, 0.1) is 13.8 Å². The first-order chi connectivity index (χ1) is 14.7. The number of H-pyrrole nitrogens is 1. The zero-order valence-electron chi connectivity index (χ0n) is 16.9. The summed E-state index contributed by atoms with van der Waals surface area (Å²) in [5.41, 5.74) is 5.57. The van der Waals surface area contributed by atoms with Crippen molar-refractivity contribution in [1.82, 2.24) is 4.98 Å². The van der Waals surface area contributed by atoms with Crippen LogP contribution in [-0.2, 0) is 4.79 Å². The van der Waals surface area contributed by atoms with Crippen LogP contribution < -0.4 is 5.32 Å². The van der Waals surface area contributed by atoms with Crippen LogP contribution in [0.3, 0.4) is 0 Å². The van der Waals surface area contributed by atoms with Crippen molar-refractivity contribution < 1.29 is 24.6 Å². The van der Waals surface area contributed by atoms with E-state index in [4.69, 9.17) is 5.11 Å². The number of amides is 1. The second-order valence-electron chi connectivity index (χ2n) is 7.56. The van der Waals surface area contributed by atoms with E-state index in [-0.39, 0.29) is 17.0 Å². The Morgan fingerprint density at radius 3 is 2.19 bits per heavy atom. The summed E-state index contributed by atoms with van der Waals surface area (Å²) in [6, 6.07) is 12.0. The minimum atomic E-state index is -1.03. The van der Waals surface area contributed by atoms with Gasteiger partial charge in [0.2, 0.25) is 5.91 Å².